The summed E-state index contributed by atoms with van der Waals surface area (Å²) in [6, 6.07) is 24.7. The number of pyridine rings is 2. The standard InChI is InChI=1S/C37H37N5O4/c1-37(2,3)34(36(45)40-31-15-20-39-21-16-31)41-35(44)32(23-33(43)46-25-26-7-5-4-6-8-26)42-22-17-30(24-42)28-11-9-27(10-12-28)29-13-18-38-19-14-29/h4-22,24,32,34H,23,25H2,1-3H3,(H,41,44)(H,39,40,45). The van der Waals surface area contributed by atoms with Gasteiger partial charge in [-0.2, -0.15) is 0 Å². The Bertz CT molecular complexity index is 1750. The highest BCUT2D eigenvalue weighted by molar-refractivity contribution is 5.98. The number of ether oxygens (including phenoxy) is 1. The molecule has 2 aromatic carbocycles. The van der Waals surface area contributed by atoms with Crippen molar-refractivity contribution in [1.29, 1.82) is 0 Å². The van der Waals surface area contributed by atoms with Gasteiger partial charge in [-0.25, -0.2) is 0 Å². The van der Waals surface area contributed by atoms with Crippen LogP contribution in [0.25, 0.3) is 22.3 Å². The molecule has 3 heterocycles. The largest absolute Gasteiger partial charge is 0.461 e. The maximum atomic E-state index is 14.0. The van der Waals surface area contributed by atoms with E-state index >= 15 is 0 Å². The van der Waals surface area contributed by atoms with Crippen molar-refractivity contribution in [2.75, 3.05) is 5.32 Å². The first-order chi connectivity index (χ1) is 22.2. The molecule has 0 saturated heterocycles. The van der Waals surface area contributed by atoms with Crippen LogP contribution in [0.1, 0.15) is 38.8 Å². The lowest BCUT2D eigenvalue weighted by Gasteiger charge is -2.32. The number of nitrogens with one attached hydrogen (secondary N) is 2. The average molecular weight is 616 g/mol. The summed E-state index contributed by atoms with van der Waals surface area (Å²) >= 11 is 0. The molecule has 0 fully saturated rings. The van der Waals surface area contributed by atoms with E-state index in [0.29, 0.717) is 5.69 Å². The van der Waals surface area contributed by atoms with Gasteiger partial charge in [0.15, 0.2) is 0 Å². The number of anilines is 1. The van der Waals surface area contributed by atoms with E-state index < -0.39 is 29.4 Å². The van der Waals surface area contributed by atoms with Crippen molar-refractivity contribution in [1.82, 2.24) is 19.9 Å². The van der Waals surface area contributed by atoms with Crippen molar-refractivity contribution < 1.29 is 19.1 Å². The summed E-state index contributed by atoms with van der Waals surface area (Å²) in [5, 5.41) is 5.79. The number of esters is 1. The smallest absolute Gasteiger partial charge is 0.308 e. The molecule has 0 aliphatic heterocycles. The van der Waals surface area contributed by atoms with Crippen LogP contribution in [0.4, 0.5) is 5.69 Å². The number of nitrogens with zero attached hydrogens (tertiary/aromatic N) is 3. The van der Waals surface area contributed by atoms with E-state index in [-0.39, 0.29) is 18.9 Å². The minimum Gasteiger partial charge on any atom is -0.461 e. The third-order valence-electron chi connectivity index (χ3n) is 7.57. The molecule has 0 aliphatic carbocycles. The van der Waals surface area contributed by atoms with Crippen LogP contribution in [-0.4, -0.2) is 38.4 Å². The van der Waals surface area contributed by atoms with Gasteiger partial charge >= 0.3 is 5.97 Å². The van der Waals surface area contributed by atoms with Crippen molar-refractivity contribution in [3.8, 4) is 22.3 Å². The van der Waals surface area contributed by atoms with Gasteiger partial charge in [0.05, 0.1) is 6.42 Å². The molecule has 2 unspecified atom stereocenters. The average Bonchev–Trinajstić information content (AvgIpc) is 3.56. The zero-order chi connectivity index (χ0) is 32.5. The second kappa shape index (κ2) is 14.5. The molecule has 0 spiro atoms. The first-order valence-corrected chi connectivity index (χ1v) is 15.1. The molecule has 234 valence electrons. The fraction of sp³-hybridized carbons (Fsp3) is 0.216. The van der Waals surface area contributed by atoms with Gasteiger partial charge in [0.1, 0.15) is 18.7 Å². The Morgan fingerprint density at radius 3 is 1.96 bits per heavy atom. The van der Waals surface area contributed by atoms with Crippen LogP contribution in [0.2, 0.25) is 0 Å². The van der Waals surface area contributed by atoms with Crippen LogP contribution >= 0.6 is 0 Å². The van der Waals surface area contributed by atoms with Crippen LogP contribution in [0.5, 0.6) is 0 Å². The Labute approximate surface area is 268 Å². The van der Waals surface area contributed by atoms with Gasteiger partial charge in [-0.05, 0) is 63.6 Å². The minimum absolute atomic E-state index is 0.0910. The number of hydrogen-bond acceptors (Lipinski definition) is 6. The maximum absolute atomic E-state index is 14.0. The van der Waals surface area contributed by atoms with Gasteiger partial charge in [-0.3, -0.25) is 24.4 Å². The van der Waals surface area contributed by atoms with E-state index in [1.807, 2.05) is 99.8 Å². The van der Waals surface area contributed by atoms with Gasteiger partial charge in [-0.1, -0.05) is 75.4 Å². The van der Waals surface area contributed by atoms with Gasteiger partial charge in [0, 0.05) is 42.9 Å². The van der Waals surface area contributed by atoms with Crippen LogP contribution in [-0.2, 0) is 25.7 Å². The predicted molar refractivity (Wildman–Crippen MR) is 177 cm³/mol. The highest BCUT2D eigenvalue weighted by Crippen LogP contribution is 2.28. The summed E-state index contributed by atoms with van der Waals surface area (Å²) in [5.74, 6) is -1.38. The van der Waals surface area contributed by atoms with Crippen LogP contribution in [0.15, 0.2) is 122 Å². The van der Waals surface area contributed by atoms with Gasteiger partial charge < -0.3 is 19.9 Å². The van der Waals surface area contributed by atoms with Crippen molar-refractivity contribution in [2.24, 2.45) is 5.41 Å². The van der Waals surface area contributed by atoms with Gasteiger partial charge in [-0.15, -0.1) is 0 Å². The summed E-state index contributed by atoms with van der Waals surface area (Å²) in [7, 11) is 0. The molecule has 46 heavy (non-hydrogen) atoms. The van der Waals surface area contributed by atoms with E-state index in [2.05, 4.69) is 20.6 Å². The lowest BCUT2D eigenvalue weighted by molar-refractivity contribution is -0.148. The zero-order valence-electron chi connectivity index (χ0n) is 26.1. The molecule has 5 aromatic rings. The molecule has 0 radical (unpaired) electrons. The number of carbonyl (C=O) groups excluding carboxylic acids is 3. The molecule has 0 aliphatic rings. The molecule has 9 nitrogen and oxygen atoms in total. The topological polar surface area (TPSA) is 115 Å². The van der Waals surface area contributed by atoms with E-state index in [9.17, 15) is 14.4 Å². The Kier molecular flexibility index (Phi) is 10.0. The Morgan fingerprint density at radius 1 is 0.739 bits per heavy atom. The van der Waals surface area contributed by atoms with Crippen molar-refractivity contribution in [3.63, 3.8) is 0 Å². The number of amides is 2. The van der Waals surface area contributed by atoms with E-state index in [1.165, 1.54) is 0 Å². The fourth-order valence-electron chi connectivity index (χ4n) is 5.03. The zero-order valence-corrected chi connectivity index (χ0v) is 26.1. The third kappa shape index (κ3) is 8.32. The number of hydrogen-bond donors (Lipinski definition) is 2. The molecular formula is C37H37N5O4. The second-order valence-corrected chi connectivity index (χ2v) is 12.1. The van der Waals surface area contributed by atoms with Gasteiger partial charge in [0.2, 0.25) is 11.8 Å². The van der Waals surface area contributed by atoms with E-state index in [4.69, 9.17) is 4.74 Å². The van der Waals surface area contributed by atoms with Crippen LogP contribution in [0, 0.1) is 5.41 Å². The van der Waals surface area contributed by atoms with E-state index in [0.717, 1.165) is 27.8 Å². The molecule has 9 heteroatoms. The highest BCUT2D eigenvalue weighted by Gasteiger charge is 2.36. The lowest BCUT2D eigenvalue weighted by atomic mass is 9.85. The SMILES string of the molecule is CC(C)(C)C(NC(=O)C(CC(=O)OCc1ccccc1)n1ccc(-c2ccc(-c3ccncc3)cc2)c1)C(=O)Nc1ccncc1. The molecule has 0 bridgehead atoms. The quantitative estimate of drug-likeness (QED) is 0.165. The maximum Gasteiger partial charge on any atom is 0.308 e. The number of aromatic nitrogens is 3. The Morgan fingerprint density at radius 2 is 1.33 bits per heavy atom. The number of rotatable bonds is 11. The first-order valence-electron chi connectivity index (χ1n) is 15.1. The third-order valence-corrected chi connectivity index (χ3v) is 7.57. The summed E-state index contributed by atoms with van der Waals surface area (Å²) in [4.78, 5) is 48.6. The first kappa shape index (κ1) is 31.8. The summed E-state index contributed by atoms with van der Waals surface area (Å²) < 4.78 is 7.25. The monoisotopic (exact) mass is 615 g/mol. The van der Waals surface area contributed by atoms with Gasteiger partial charge in [0.25, 0.3) is 0 Å². The fourth-order valence-corrected chi connectivity index (χ4v) is 5.03. The normalized spacial score (nSPS) is 12.5. The van der Waals surface area contributed by atoms with Crippen molar-refractivity contribution in [2.45, 2.75) is 45.9 Å². The number of carbonyl (C=O) groups is 3. The summed E-state index contributed by atoms with van der Waals surface area (Å²) in [6.07, 6.45) is 10.0. The Hall–Kier alpha value is -5.57. The van der Waals surface area contributed by atoms with E-state index in [1.54, 1.807) is 47.7 Å². The van der Waals surface area contributed by atoms with Crippen molar-refractivity contribution >= 4 is 23.5 Å². The number of benzene rings is 2. The molecule has 3 aromatic heterocycles. The highest BCUT2D eigenvalue weighted by atomic mass is 16.5. The molecular weight excluding hydrogens is 578 g/mol. The minimum atomic E-state index is -0.966. The molecule has 2 N–H and O–H groups in total. The predicted octanol–water partition coefficient (Wildman–Crippen LogP) is 6.46. The second-order valence-electron chi connectivity index (χ2n) is 12.1. The molecule has 2 atom stereocenters. The van der Waals surface area contributed by atoms with Crippen molar-refractivity contribution in [3.05, 3.63) is 128 Å². The van der Waals surface area contributed by atoms with Crippen LogP contribution in [0.3, 0.4) is 0 Å². The summed E-state index contributed by atoms with van der Waals surface area (Å²) in [6.45, 7) is 5.71. The molecule has 2 amide bonds. The Balaban J connectivity index is 1.38. The molecule has 5 rings (SSSR count). The molecule has 0 saturated carbocycles. The van der Waals surface area contributed by atoms with Crippen LogP contribution < -0.4 is 10.6 Å². The lowest BCUT2D eigenvalue weighted by Crippen LogP contribution is -2.53. The summed E-state index contributed by atoms with van der Waals surface area (Å²) in [5.41, 5.74) is 4.72.